The predicted molar refractivity (Wildman–Crippen MR) is 107 cm³/mol. The number of anilines is 1. The van der Waals surface area contributed by atoms with Crippen LogP contribution in [0.3, 0.4) is 0 Å². The fourth-order valence-electron chi connectivity index (χ4n) is 2.60. The molecule has 0 saturated carbocycles. The largest absolute Gasteiger partial charge is 0.457 e. The molecule has 1 fully saturated rings. The van der Waals surface area contributed by atoms with Gasteiger partial charge in [-0.2, -0.15) is 13.2 Å². The van der Waals surface area contributed by atoms with Crippen LogP contribution in [-0.4, -0.2) is 16.1 Å². The van der Waals surface area contributed by atoms with Gasteiger partial charge in [0.05, 0.1) is 15.5 Å². The summed E-state index contributed by atoms with van der Waals surface area (Å²) in [5.74, 6) is 0.0493. The van der Waals surface area contributed by atoms with Gasteiger partial charge in [-0.15, -0.1) is 11.3 Å². The zero-order valence-electron chi connectivity index (χ0n) is 14.2. The van der Waals surface area contributed by atoms with Gasteiger partial charge in [-0.1, -0.05) is 11.6 Å². The smallest absolute Gasteiger partial charge is 0.417 e. The van der Waals surface area contributed by atoms with E-state index in [-0.39, 0.29) is 27.2 Å². The number of aromatic nitrogens is 1. The second kappa shape index (κ2) is 7.36. The number of amides is 1. The molecule has 5 nitrogen and oxygen atoms in total. The highest BCUT2D eigenvalue weighted by atomic mass is 35.5. The van der Waals surface area contributed by atoms with E-state index in [1.54, 1.807) is 5.38 Å². The van der Waals surface area contributed by atoms with Crippen molar-refractivity contribution in [2.75, 3.05) is 4.90 Å². The van der Waals surface area contributed by atoms with E-state index in [9.17, 15) is 18.0 Å². The quantitative estimate of drug-likeness (QED) is 0.482. The van der Waals surface area contributed by atoms with Crippen molar-refractivity contribution in [3.63, 3.8) is 0 Å². The molecule has 148 valence electrons. The van der Waals surface area contributed by atoms with Crippen molar-refractivity contribution in [3.05, 3.63) is 63.2 Å². The molecule has 4 rings (SSSR count). The van der Waals surface area contributed by atoms with E-state index in [0.29, 0.717) is 5.13 Å². The highest BCUT2D eigenvalue weighted by Crippen LogP contribution is 2.39. The van der Waals surface area contributed by atoms with Crippen LogP contribution in [0.4, 0.5) is 18.3 Å². The topological polar surface area (TPSA) is 70.2 Å². The lowest BCUT2D eigenvalue weighted by molar-refractivity contribution is -0.137. The lowest BCUT2D eigenvalue weighted by atomic mass is 10.1. The fraction of sp³-hybridized carbons (Fsp3) is 0.0556. The summed E-state index contributed by atoms with van der Waals surface area (Å²) in [5.41, 5.74) is -0.754. The van der Waals surface area contributed by atoms with Gasteiger partial charge in [0.2, 0.25) is 0 Å². The van der Waals surface area contributed by atoms with Crippen LogP contribution in [0.1, 0.15) is 11.3 Å². The van der Waals surface area contributed by atoms with E-state index in [1.807, 2.05) is 0 Å². The Bertz CT molecular complexity index is 1140. The molecule has 1 aliphatic rings. The Morgan fingerprint density at radius 3 is 2.72 bits per heavy atom. The third-order valence-electron chi connectivity index (χ3n) is 3.89. The van der Waals surface area contributed by atoms with E-state index in [2.05, 4.69) is 4.98 Å². The van der Waals surface area contributed by atoms with Crippen LogP contribution < -0.4 is 4.90 Å². The number of halogens is 4. The van der Waals surface area contributed by atoms with Crippen LogP contribution in [0.5, 0.6) is 0 Å². The zero-order chi connectivity index (χ0) is 20.8. The summed E-state index contributed by atoms with van der Waals surface area (Å²) in [6, 6.07) is 6.53. The molecule has 0 atom stereocenters. The van der Waals surface area contributed by atoms with Crippen LogP contribution >= 0.6 is 34.7 Å². The van der Waals surface area contributed by atoms with E-state index in [0.717, 1.165) is 23.9 Å². The maximum atomic E-state index is 13.1. The number of benzene rings is 1. The summed E-state index contributed by atoms with van der Waals surface area (Å²) in [5, 5.41) is 9.69. The molecule has 11 heteroatoms. The first-order valence-electron chi connectivity index (χ1n) is 7.93. The number of nitrogens with one attached hydrogen (secondary N) is 1. The van der Waals surface area contributed by atoms with Crippen molar-refractivity contribution in [1.29, 1.82) is 5.41 Å². The molecule has 3 aromatic rings. The Labute approximate surface area is 175 Å². The van der Waals surface area contributed by atoms with Crippen LogP contribution in [-0.2, 0) is 11.0 Å². The Balaban J connectivity index is 1.62. The number of carbonyl (C=O) groups excluding carboxylic acids is 1. The molecule has 1 aromatic carbocycles. The number of carbonyl (C=O) groups is 1. The highest BCUT2D eigenvalue weighted by Gasteiger charge is 2.35. The molecule has 0 bridgehead atoms. The van der Waals surface area contributed by atoms with Gasteiger partial charge in [-0.25, -0.2) is 9.88 Å². The van der Waals surface area contributed by atoms with Crippen molar-refractivity contribution in [2.45, 2.75) is 6.18 Å². The third kappa shape index (κ3) is 3.83. The van der Waals surface area contributed by atoms with Crippen LogP contribution in [0, 0.1) is 5.41 Å². The van der Waals surface area contributed by atoms with E-state index in [4.69, 9.17) is 21.4 Å². The molecule has 1 saturated heterocycles. The summed E-state index contributed by atoms with van der Waals surface area (Å²) < 4.78 is 44.8. The number of alkyl halides is 3. The number of furan rings is 1. The standard InChI is InChI=1S/C18H9ClF3N3O2S2/c19-12-3-1-9(7-11(12)18(20,21)22)13-4-2-10(27-13)8-14-15(26)25(16(23)29-14)17-24-5-6-28-17/h1-8,23H. The van der Waals surface area contributed by atoms with Gasteiger partial charge in [0.15, 0.2) is 10.3 Å². The van der Waals surface area contributed by atoms with Gasteiger partial charge >= 0.3 is 6.18 Å². The van der Waals surface area contributed by atoms with Gasteiger partial charge in [-0.3, -0.25) is 10.2 Å². The number of amidine groups is 1. The number of rotatable bonds is 3. The van der Waals surface area contributed by atoms with Crippen LogP contribution in [0.2, 0.25) is 5.02 Å². The maximum Gasteiger partial charge on any atom is 0.417 e. The maximum absolute atomic E-state index is 13.1. The molecule has 0 radical (unpaired) electrons. The van der Waals surface area contributed by atoms with Crippen LogP contribution in [0.25, 0.3) is 17.4 Å². The molecule has 3 heterocycles. The molecule has 29 heavy (non-hydrogen) atoms. The summed E-state index contributed by atoms with van der Waals surface area (Å²) in [6.45, 7) is 0. The fourth-order valence-corrected chi connectivity index (χ4v) is 4.35. The minimum Gasteiger partial charge on any atom is -0.457 e. The molecule has 0 aliphatic carbocycles. The molecule has 2 aromatic heterocycles. The van der Waals surface area contributed by atoms with Gasteiger partial charge in [0.25, 0.3) is 5.91 Å². The highest BCUT2D eigenvalue weighted by molar-refractivity contribution is 8.19. The van der Waals surface area contributed by atoms with E-state index in [1.165, 1.54) is 46.7 Å². The van der Waals surface area contributed by atoms with Crippen molar-refractivity contribution in [1.82, 2.24) is 4.98 Å². The summed E-state index contributed by atoms with van der Waals surface area (Å²) in [7, 11) is 0. The Morgan fingerprint density at radius 2 is 2.03 bits per heavy atom. The number of thioether (sulfide) groups is 1. The first-order valence-corrected chi connectivity index (χ1v) is 10.0. The van der Waals surface area contributed by atoms with Crippen molar-refractivity contribution >= 4 is 57.0 Å². The monoisotopic (exact) mass is 455 g/mol. The third-order valence-corrected chi connectivity index (χ3v) is 5.87. The van der Waals surface area contributed by atoms with Crippen molar-refractivity contribution in [2.24, 2.45) is 0 Å². The average molecular weight is 456 g/mol. The van der Waals surface area contributed by atoms with Crippen molar-refractivity contribution in [3.8, 4) is 11.3 Å². The van der Waals surface area contributed by atoms with Gasteiger partial charge in [-0.05, 0) is 42.1 Å². The Morgan fingerprint density at radius 1 is 1.24 bits per heavy atom. The zero-order valence-corrected chi connectivity index (χ0v) is 16.5. The second-order valence-corrected chi connectivity index (χ2v) is 8.08. The minimum absolute atomic E-state index is 0.00972. The number of nitrogens with zero attached hydrogens (tertiary/aromatic N) is 2. The molecular formula is C18H9ClF3N3O2S2. The molecule has 1 N–H and O–H groups in total. The van der Waals surface area contributed by atoms with E-state index < -0.39 is 22.7 Å². The normalized spacial score (nSPS) is 16.3. The number of hydrogen-bond acceptors (Lipinski definition) is 6. The lowest BCUT2D eigenvalue weighted by Gasteiger charge is -2.09. The number of thiazole rings is 1. The van der Waals surface area contributed by atoms with Gasteiger partial charge < -0.3 is 4.42 Å². The van der Waals surface area contributed by atoms with Gasteiger partial charge in [0.1, 0.15) is 11.5 Å². The van der Waals surface area contributed by atoms with Crippen molar-refractivity contribution < 1.29 is 22.4 Å². The summed E-state index contributed by atoms with van der Waals surface area (Å²) >= 11 is 7.82. The first-order chi connectivity index (χ1) is 13.7. The molecule has 1 amide bonds. The summed E-state index contributed by atoms with van der Waals surface area (Å²) in [4.78, 5) is 18.0. The SMILES string of the molecule is N=C1SC(=Cc2ccc(-c3ccc(Cl)c(C(F)(F)F)c3)o2)C(=O)N1c1nccs1. The first kappa shape index (κ1) is 19.7. The second-order valence-electron chi connectivity index (χ2n) is 5.77. The predicted octanol–water partition coefficient (Wildman–Crippen LogP) is 6.13. The van der Waals surface area contributed by atoms with Crippen LogP contribution in [0.15, 0.2) is 51.2 Å². The Kier molecular flexibility index (Phi) is 5.01. The molecule has 0 unspecified atom stereocenters. The van der Waals surface area contributed by atoms with E-state index >= 15 is 0 Å². The molecule has 1 aliphatic heterocycles. The average Bonchev–Trinajstić information content (AvgIpc) is 3.37. The Hall–Kier alpha value is -2.56. The minimum atomic E-state index is -4.59. The molecular weight excluding hydrogens is 447 g/mol. The summed E-state index contributed by atoms with van der Waals surface area (Å²) in [6.07, 6.45) is -1.61. The molecule has 0 spiro atoms. The van der Waals surface area contributed by atoms with Gasteiger partial charge in [0, 0.05) is 23.2 Å². The lowest BCUT2D eigenvalue weighted by Crippen LogP contribution is -2.27. The number of hydrogen-bond donors (Lipinski definition) is 1.